The molecular weight excluding hydrogens is 239 g/mol. The third kappa shape index (κ3) is 2.00. The zero-order valence-corrected chi connectivity index (χ0v) is 9.40. The second-order valence-corrected chi connectivity index (χ2v) is 3.66. The summed E-state index contributed by atoms with van der Waals surface area (Å²) in [5.41, 5.74) is -1.07. The van der Waals surface area contributed by atoms with Gasteiger partial charge in [-0.3, -0.25) is 4.79 Å². The van der Waals surface area contributed by atoms with Crippen molar-refractivity contribution in [1.29, 1.82) is 0 Å². The van der Waals surface area contributed by atoms with Crippen LogP contribution in [0.4, 0.5) is 4.39 Å². The molecule has 0 bridgehead atoms. The van der Waals surface area contributed by atoms with E-state index in [1.54, 1.807) is 6.07 Å². The third-order valence-corrected chi connectivity index (χ3v) is 2.44. The maximum atomic E-state index is 13.5. The first-order valence-electron chi connectivity index (χ1n) is 5.10. The first-order valence-corrected chi connectivity index (χ1v) is 5.10. The van der Waals surface area contributed by atoms with Crippen molar-refractivity contribution in [1.82, 2.24) is 9.97 Å². The predicted octanol–water partition coefficient (Wildman–Crippen LogP) is 1.58. The Balaban J connectivity index is 2.67. The van der Waals surface area contributed by atoms with Crippen LogP contribution in [0.25, 0.3) is 11.4 Å². The molecule has 0 saturated heterocycles. The largest absolute Gasteiger partial charge is 0.477 e. The highest BCUT2D eigenvalue weighted by atomic mass is 19.1. The van der Waals surface area contributed by atoms with Gasteiger partial charge in [-0.05, 0) is 19.1 Å². The summed E-state index contributed by atoms with van der Waals surface area (Å²) in [6, 6.07) is 5.79. The molecule has 0 spiro atoms. The van der Waals surface area contributed by atoms with Gasteiger partial charge in [0.15, 0.2) is 0 Å². The minimum atomic E-state index is -1.36. The lowest BCUT2D eigenvalue weighted by atomic mass is 10.1. The van der Waals surface area contributed by atoms with Gasteiger partial charge in [-0.1, -0.05) is 12.1 Å². The average Bonchev–Trinajstić information content (AvgIpc) is 2.27. The Morgan fingerprint density at radius 1 is 1.39 bits per heavy atom. The van der Waals surface area contributed by atoms with Gasteiger partial charge in [0.2, 0.25) is 0 Å². The van der Waals surface area contributed by atoms with Gasteiger partial charge in [-0.25, -0.2) is 14.2 Å². The summed E-state index contributed by atoms with van der Waals surface area (Å²) in [6.07, 6.45) is 0. The number of nitrogens with one attached hydrogen (secondary N) is 1. The summed E-state index contributed by atoms with van der Waals surface area (Å²) >= 11 is 0. The number of carbonyl (C=O) groups is 1. The molecule has 0 aliphatic carbocycles. The fourth-order valence-electron chi connectivity index (χ4n) is 1.62. The summed E-state index contributed by atoms with van der Waals surface area (Å²) < 4.78 is 13.5. The van der Waals surface area contributed by atoms with Crippen LogP contribution in [0.15, 0.2) is 29.1 Å². The average molecular weight is 248 g/mol. The molecule has 0 fully saturated rings. The van der Waals surface area contributed by atoms with E-state index in [-0.39, 0.29) is 17.1 Å². The molecule has 2 N–H and O–H groups in total. The van der Waals surface area contributed by atoms with E-state index in [9.17, 15) is 14.0 Å². The first kappa shape index (κ1) is 12.0. The number of hydrogen-bond donors (Lipinski definition) is 2. The molecule has 0 aliphatic heterocycles. The number of rotatable bonds is 2. The van der Waals surface area contributed by atoms with Crippen LogP contribution < -0.4 is 5.56 Å². The van der Waals surface area contributed by atoms with Crippen molar-refractivity contribution in [2.75, 3.05) is 0 Å². The molecule has 0 saturated carbocycles. The van der Waals surface area contributed by atoms with Crippen molar-refractivity contribution in [3.63, 3.8) is 0 Å². The minimum absolute atomic E-state index is 0.0144. The van der Waals surface area contributed by atoms with Crippen LogP contribution in [0, 0.1) is 12.7 Å². The molecule has 6 heteroatoms. The lowest BCUT2D eigenvalue weighted by molar-refractivity contribution is 0.0693. The van der Waals surface area contributed by atoms with E-state index in [4.69, 9.17) is 5.11 Å². The zero-order valence-electron chi connectivity index (χ0n) is 9.40. The van der Waals surface area contributed by atoms with Gasteiger partial charge >= 0.3 is 5.97 Å². The number of aromatic amines is 1. The van der Waals surface area contributed by atoms with Crippen molar-refractivity contribution in [2.45, 2.75) is 6.92 Å². The summed E-state index contributed by atoms with van der Waals surface area (Å²) in [7, 11) is 0. The molecular formula is C12H9FN2O3. The van der Waals surface area contributed by atoms with Gasteiger partial charge in [0, 0.05) is 0 Å². The molecule has 0 aliphatic rings. The van der Waals surface area contributed by atoms with E-state index >= 15 is 0 Å². The highest BCUT2D eigenvalue weighted by molar-refractivity contribution is 5.88. The number of carboxylic acids is 1. The predicted molar refractivity (Wildman–Crippen MR) is 61.9 cm³/mol. The Morgan fingerprint density at radius 2 is 2.06 bits per heavy atom. The van der Waals surface area contributed by atoms with Gasteiger partial charge in [0.05, 0.1) is 11.3 Å². The lowest BCUT2D eigenvalue weighted by Gasteiger charge is -2.05. The molecule has 2 rings (SSSR count). The topological polar surface area (TPSA) is 83.0 Å². The van der Waals surface area contributed by atoms with E-state index < -0.39 is 22.9 Å². The lowest BCUT2D eigenvalue weighted by Crippen LogP contribution is -2.21. The number of carboxylic acid groups (broad SMARTS) is 1. The second-order valence-electron chi connectivity index (χ2n) is 3.66. The van der Waals surface area contributed by atoms with Crippen LogP contribution >= 0.6 is 0 Å². The Bertz CT molecular complexity index is 679. The van der Waals surface area contributed by atoms with Crippen molar-refractivity contribution in [2.24, 2.45) is 0 Å². The van der Waals surface area contributed by atoms with Gasteiger partial charge < -0.3 is 10.1 Å². The Hall–Kier alpha value is -2.50. The van der Waals surface area contributed by atoms with Crippen LogP contribution in [0.1, 0.15) is 16.1 Å². The molecule has 1 aromatic heterocycles. The molecule has 1 heterocycles. The second kappa shape index (κ2) is 4.40. The number of aryl methyl sites for hydroxylation is 1. The van der Waals surface area contributed by atoms with Crippen LogP contribution in [0.5, 0.6) is 0 Å². The highest BCUT2D eigenvalue weighted by Gasteiger charge is 2.16. The maximum absolute atomic E-state index is 13.5. The molecule has 0 unspecified atom stereocenters. The monoisotopic (exact) mass is 248 g/mol. The fourth-order valence-corrected chi connectivity index (χ4v) is 1.62. The van der Waals surface area contributed by atoms with Gasteiger partial charge in [0.25, 0.3) is 5.56 Å². The number of aromatic nitrogens is 2. The van der Waals surface area contributed by atoms with Gasteiger partial charge in [-0.15, -0.1) is 0 Å². The van der Waals surface area contributed by atoms with Crippen LogP contribution in [-0.4, -0.2) is 21.0 Å². The normalized spacial score (nSPS) is 10.3. The highest BCUT2D eigenvalue weighted by Crippen LogP contribution is 2.18. The third-order valence-electron chi connectivity index (χ3n) is 2.44. The molecule has 1 aromatic carbocycles. The Morgan fingerprint density at radius 3 is 2.61 bits per heavy atom. The van der Waals surface area contributed by atoms with Crippen molar-refractivity contribution in [3.05, 3.63) is 51.7 Å². The SMILES string of the molecule is Cc1nc(-c2ccccc2F)[nH]c(=O)c1C(=O)O. The number of benzene rings is 1. The van der Waals surface area contributed by atoms with Gasteiger partial charge in [0.1, 0.15) is 17.2 Å². The number of aromatic carboxylic acids is 1. The van der Waals surface area contributed by atoms with Gasteiger partial charge in [-0.2, -0.15) is 0 Å². The first-order chi connectivity index (χ1) is 8.50. The zero-order chi connectivity index (χ0) is 13.3. The molecule has 2 aromatic rings. The standard InChI is InChI=1S/C12H9FN2O3/c1-6-9(12(17)18)11(16)15-10(14-6)7-4-2-3-5-8(7)13/h2-5H,1H3,(H,17,18)(H,14,15,16). The van der Waals surface area contributed by atoms with Crippen molar-refractivity contribution < 1.29 is 14.3 Å². The molecule has 0 radical (unpaired) electrons. The Kier molecular flexibility index (Phi) is 2.93. The molecule has 0 amide bonds. The van der Waals surface area contributed by atoms with E-state index in [2.05, 4.69) is 9.97 Å². The summed E-state index contributed by atoms with van der Waals surface area (Å²) in [6.45, 7) is 1.39. The minimum Gasteiger partial charge on any atom is -0.477 e. The van der Waals surface area contributed by atoms with Crippen LogP contribution in [0.3, 0.4) is 0 Å². The van der Waals surface area contributed by atoms with Crippen molar-refractivity contribution >= 4 is 5.97 Å². The number of hydrogen-bond acceptors (Lipinski definition) is 3. The van der Waals surface area contributed by atoms with Crippen LogP contribution in [0.2, 0.25) is 0 Å². The summed E-state index contributed by atoms with van der Waals surface area (Å²) in [5.74, 6) is -1.88. The van der Waals surface area contributed by atoms with E-state index in [0.29, 0.717) is 0 Å². The fraction of sp³-hybridized carbons (Fsp3) is 0.0833. The van der Waals surface area contributed by atoms with Crippen molar-refractivity contribution in [3.8, 4) is 11.4 Å². The molecule has 0 atom stereocenters. The van der Waals surface area contributed by atoms with E-state index in [1.807, 2.05) is 0 Å². The quantitative estimate of drug-likeness (QED) is 0.845. The van der Waals surface area contributed by atoms with E-state index in [0.717, 1.165) is 0 Å². The maximum Gasteiger partial charge on any atom is 0.343 e. The smallest absolute Gasteiger partial charge is 0.343 e. The molecule has 92 valence electrons. The Labute approximate surface area is 101 Å². The number of H-pyrrole nitrogens is 1. The molecule has 18 heavy (non-hydrogen) atoms. The van der Waals surface area contributed by atoms with Crippen LogP contribution in [-0.2, 0) is 0 Å². The van der Waals surface area contributed by atoms with E-state index in [1.165, 1.54) is 25.1 Å². The summed E-state index contributed by atoms with van der Waals surface area (Å²) in [4.78, 5) is 28.6. The summed E-state index contributed by atoms with van der Waals surface area (Å²) in [5, 5.41) is 8.83. The molecule has 5 nitrogen and oxygen atoms in total. The number of halogens is 1. The number of nitrogens with zero attached hydrogens (tertiary/aromatic N) is 1.